The number of amides is 1. The normalized spacial score (nSPS) is 11.2. The van der Waals surface area contributed by atoms with Crippen LogP contribution in [-0.4, -0.2) is 33.9 Å². The van der Waals surface area contributed by atoms with Gasteiger partial charge in [0.2, 0.25) is 0 Å². The van der Waals surface area contributed by atoms with Crippen LogP contribution in [0.4, 0.5) is 5.82 Å². The summed E-state index contributed by atoms with van der Waals surface area (Å²) in [6, 6.07) is 15.7. The number of fused-ring (bicyclic) bond motifs is 1. The van der Waals surface area contributed by atoms with Crippen LogP contribution in [0.5, 0.6) is 5.75 Å². The highest BCUT2D eigenvalue weighted by Gasteiger charge is 2.18. The van der Waals surface area contributed by atoms with Crippen LogP contribution in [0.15, 0.2) is 65.9 Å². The van der Waals surface area contributed by atoms with Crippen molar-refractivity contribution in [2.75, 3.05) is 6.61 Å². The van der Waals surface area contributed by atoms with Crippen molar-refractivity contribution in [1.82, 2.24) is 15.2 Å². The van der Waals surface area contributed by atoms with Gasteiger partial charge in [-0.2, -0.15) is 5.10 Å². The third-order valence-electron chi connectivity index (χ3n) is 4.72. The SMILES string of the molecule is CCOc1ccc2ccccc2c1C=Nc1n[nH]c(Cc2cccnc2)c1C(N)=O. The number of hydrogen-bond donors (Lipinski definition) is 2. The van der Waals surface area contributed by atoms with Crippen LogP contribution < -0.4 is 10.5 Å². The number of H-pyrrole nitrogens is 1. The van der Waals surface area contributed by atoms with Crippen LogP contribution in [0.3, 0.4) is 0 Å². The van der Waals surface area contributed by atoms with Gasteiger partial charge >= 0.3 is 0 Å². The summed E-state index contributed by atoms with van der Waals surface area (Å²) in [5, 5.41) is 9.18. The number of benzene rings is 2. The number of rotatable bonds is 7. The number of aromatic nitrogens is 3. The molecule has 2 heterocycles. The molecule has 0 aliphatic carbocycles. The molecule has 150 valence electrons. The first-order valence-corrected chi connectivity index (χ1v) is 9.62. The molecular weight excluding hydrogens is 378 g/mol. The molecule has 0 bridgehead atoms. The van der Waals surface area contributed by atoms with Gasteiger partial charge in [-0.15, -0.1) is 0 Å². The number of aliphatic imine (C=N–C) groups is 1. The number of carbonyl (C=O) groups is 1. The van der Waals surface area contributed by atoms with E-state index in [9.17, 15) is 4.79 Å². The van der Waals surface area contributed by atoms with E-state index in [-0.39, 0.29) is 11.4 Å². The number of primary amides is 1. The number of aromatic amines is 1. The molecule has 7 heteroatoms. The number of pyridine rings is 1. The van der Waals surface area contributed by atoms with E-state index >= 15 is 0 Å². The van der Waals surface area contributed by atoms with Gasteiger partial charge in [-0.3, -0.25) is 14.9 Å². The molecule has 0 unspecified atom stereocenters. The molecule has 4 aromatic rings. The van der Waals surface area contributed by atoms with Crippen LogP contribution in [-0.2, 0) is 6.42 Å². The van der Waals surface area contributed by atoms with Crippen LogP contribution >= 0.6 is 0 Å². The Hall–Kier alpha value is -4.00. The van der Waals surface area contributed by atoms with Gasteiger partial charge < -0.3 is 10.5 Å². The number of nitrogens with zero attached hydrogens (tertiary/aromatic N) is 3. The lowest BCUT2D eigenvalue weighted by atomic mass is 10.0. The maximum absolute atomic E-state index is 12.1. The van der Waals surface area contributed by atoms with Crippen molar-refractivity contribution < 1.29 is 9.53 Å². The lowest BCUT2D eigenvalue weighted by molar-refractivity contribution is 0.100. The highest BCUT2D eigenvalue weighted by Crippen LogP contribution is 2.28. The molecule has 0 fully saturated rings. The average Bonchev–Trinajstić information content (AvgIpc) is 3.16. The summed E-state index contributed by atoms with van der Waals surface area (Å²) in [5.41, 5.74) is 8.27. The van der Waals surface area contributed by atoms with Gasteiger partial charge in [-0.05, 0) is 35.4 Å². The molecule has 1 amide bonds. The van der Waals surface area contributed by atoms with E-state index in [1.54, 1.807) is 18.6 Å². The topological polar surface area (TPSA) is 106 Å². The molecule has 0 aliphatic rings. The maximum atomic E-state index is 12.1. The first kappa shape index (κ1) is 19.3. The quantitative estimate of drug-likeness (QED) is 0.461. The lowest BCUT2D eigenvalue weighted by Gasteiger charge is -2.10. The molecule has 3 N–H and O–H groups in total. The van der Waals surface area contributed by atoms with Gasteiger partial charge in [0.05, 0.1) is 12.3 Å². The van der Waals surface area contributed by atoms with E-state index in [2.05, 4.69) is 20.2 Å². The van der Waals surface area contributed by atoms with Gasteiger partial charge in [-0.25, -0.2) is 4.99 Å². The fourth-order valence-corrected chi connectivity index (χ4v) is 3.37. The van der Waals surface area contributed by atoms with Crippen LogP contribution in [0.2, 0.25) is 0 Å². The third kappa shape index (κ3) is 3.91. The fourth-order valence-electron chi connectivity index (χ4n) is 3.37. The molecule has 0 saturated carbocycles. The Balaban J connectivity index is 1.74. The Morgan fingerprint density at radius 1 is 1.20 bits per heavy atom. The highest BCUT2D eigenvalue weighted by atomic mass is 16.5. The molecule has 30 heavy (non-hydrogen) atoms. The number of nitrogens with one attached hydrogen (secondary N) is 1. The lowest BCUT2D eigenvalue weighted by Crippen LogP contribution is -2.13. The van der Waals surface area contributed by atoms with Gasteiger partial charge in [0.1, 0.15) is 11.3 Å². The highest BCUT2D eigenvalue weighted by molar-refractivity contribution is 6.04. The van der Waals surface area contributed by atoms with Crippen molar-refractivity contribution >= 4 is 28.7 Å². The second-order valence-corrected chi connectivity index (χ2v) is 6.69. The number of nitrogens with two attached hydrogens (primary N) is 1. The van der Waals surface area contributed by atoms with Crippen molar-refractivity contribution in [3.05, 3.63) is 83.3 Å². The van der Waals surface area contributed by atoms with Gasteiger partial charge in [0.25, 0.3) is 5.91 Å². The van der Waals surface area contributed by atoms with Gasteiger partial charge in [0, 0.05) is 30.6 Å². The minimum Gasteiger partial charge on any atom is -0.493 e. The Morgan fingerprint density at radius 2 is 2.07 bits per heavy atom. The fraction of sp³-hybridized carbons (Fsp3) is 0.130. The summed E-state index contributed by atoms with van der Waals surface area (Å²) in [4.78, 5) is 20.7. The summed E-state index contributed by atoms with van der Waals surface area (Å²) >= 11 is 0. The van der Waals surface area contributed by atoms with Crippen molar-refractivity contribution in [2.45, 2.75) is 13.3 Å². The third-order valence-corrected chi connectivity index (χ3v) is 4.72. The van der Waals surface area contributed by atoms with E-state index in [4.69, 9.17) is 10.5 Å². The molecule has 4 rings (SSSR count). The first-order valence-electron chi connectivity index (χ1n) is 9.62. The molecule has 7 nitrogen and oxygen atoms in total. The monoisotopic (exact) mass is 399 g/mol. The van der Waals surface area contributed by atoms with E-state index in [1.165, 1.54) is 0 Å². The van der Waals surface area contributed by atoms with E-state index in [0.717, 1.165) is 21.9 Å². The minimum absolute atomic E-state index is 0.247. The molecule has 2 aromatic carbocycles. The zero-order chi connectivity index (χ0) is 20.9. The Labute approximate surface area is 173 Å². The summed E-state index contributed by atoms with van der Waals surface area (Å²) in [7, 11) is 0. The molecule has 2 aromatic heterocycles. The summed E-state index contributed by atoms with van der Waals surface area (Å²) in [5.74, 6) is 0.376. The number of hydrogen-bond acceptors (Lipinski definition) is 5. The molecular formula is C23H21N5O2. The average molecular weight is 399 g/mol. The van der Waals surface area contributed by atoms with Crippen LogP contribution in [0.25, 0.3) is 10.8 Å². The molecule has 0 aliphatic heterocycles. The minimum atomic E-state index is -0.585. The van der Waals surface area contributed by atoms with Crippen LogP contribution in [0, 0.1) is 0 Å². The summed E-state index contributed by atoms with van der Waals surface area (Å²) in [6.07, 6.45) is 5.55. The predicted molar refractivity (Wildman–Crippen MR) is 117 cm³/mol. The Morgan fingerprint density at radius 3 is 2.83 bits per heavy atom. The maximum Gasteiger partial charge on any atom is 0.254 e. The van der Waals surface area contributed by atoms with Crippen molar-refractivity contribution in [3.63, 3.8) is 0 Å². The smallest absolute Gasteiger partial charge is 0.254 e. The number of carbonyl (C=O) groups excluding carboxylic acids is 1. The second kappa shape index (κ2) is 8.57. The Bertz CT molecular complexity index is 1210. The Kier molecular flexibility index (Phi) is 5.52. The van der Waals surface area contributed by atoms with E-state index in [1.807, 2.05) is 55.5 Å². The molecule has 0 atom stereocenters. The molecule has 0 saturated heterocycles. The largest absolute Gasteiger partial charge is 0.493 e. The zero-order valence-corrected chi connectivity index (χ0v) is 16.5. The van der Waals surface area contributed by atoms with Crippen LogP contribution in [0.1, 0.15) is 34.1 Å². The van der Waals surface area contributed by atoms with Crippen molar-refractivity contribution in [2.24, 2.45) is 10.7 Å². The molecule has 0 radical (unpaired) electrons. The van der Waals surface area contributed by atoms with Gasteiger partial charge in [0.15, 0.2) is 5.82 Å². The number of ether oxygens (including phenoxy) is 1. The zero-order valence-electron chi connectivity index (χ0n) is 16.5. The molecule has 0 spiro atoms. The predicted octanol–water partition coefficient (Wildman–Crippen LogP) is 3.80. The van der Waals surface area contributed by atoms with Crippen molar-refractivity contribution in [1.29, 1.82) is 0 Å². The summed E-state index contributed by atoms with van der Waals surface area (Å²) < 4.78 is 5.78. The standard InChI is InChI=1S/C23H21N5O2/c1-2-30-20-10-9-16-7-3-4-8-17(16)18(20)14-26-23-21(22(24)29)19(27-28-23)12-15-6-5-11-25-13-15/h3-11,13-14H,2,12H2,1H3,(H2,24,29)(H,27,28). The van der Waals surface area contributed by atoms with E-state index < -0.39 is 5.91 Å². The van der Waals surface area contributed by atoms with E-state index in [0.29, 0.717) is 24.5 Å². The van der Waals surface area contributed by atoms with Crippen molar-refractivity contribution in [3.8, 4) is 5.75 Å². The van der Waals surface area contributed by atoms with Gasteiger partial charge in [-0.1, -0.05) is 36.4 Å². The first-order chi connectivity index (χ1) is 14.7. The second-order valence-electron chi connectivity index (χ2n) is 6.69. The summed E-state index contributed by atoms with van der Waals surface area (Å²) in [6.45, 7) is 2.46.